The molecule has 1 N–H and O–H groups in total. The number of piperazine rings is 1. The molecule has 3 nitrogen and oxygen atoms in total. The minimum Gasteiger partial charge on any atom is -0.329 e. The summed E-state index contributed by atoms with van der Waals surface area (Å²) in [5, 5.41) is 3.23. The SMILES string of the molecule is Cc1cc(C(=O)N2CCNCC2c2cccc(F)c2)ccc1F. The van der Waals surface area contributed by atoms with Gasteiger partial charge in [0.15, 0.2) is 0 Å². The van der Waals surface area contributed by atoms with Gasteiger partial charge in [-0.25, -0.2) is 8.78 Å². The Hall–Kier alpha value is -2.27. The first-order valence-corrected chi connectivity index (χ1v) is 7.59. The normalized spacial score (nSPS) is 18.0. The van der Waals surface area contributed by atoms with Crippen molar-refractivity contribution in [1.82, 2.24) is 10.2 Å². The van der Waals surface area contributed by atoms with Crippen LogP contribution in [0.1, 0.15) is 27.5 Å². The molecule has 3 rings (SSSR count). The van der Waals surface area contributed by atoms with Gasteiger partial charge in [-0.15, -0.1) is 0 Å². The number of rotatable bonds is 2. The van der Waals surface area contributed by atoms with Gasteiger partial charge < -0.3 is 10.2 Å². The van der Waals surface area contributed by atoms with Gasteiger partial charge in [-0.1, -0.05) is 12.1 Å². The van der Waals surface area contributed by atoms with Crippen LogP contribution in [0.4, 0.5) is 8.78 Å². The average Bonchev–Trinajstić information content (AvgIpc) is 2.57. The van der Waals surface area contributed by atoms with Crippen LogP contribution in [-0.4, -0.2) is 30.4 Å². The number of nitrogens with zero attached hydrogens (tertiary/aromatic N) is 1. The molecule has 120 valence electrons. The number of aryl methyl sites for hydroxylation is 1. The highest BCUT2D eigenvalue weighted by molar-refractivity contribution is 5.94. The van der Waals surface area contributed by atoms with Crippen LogP contribution >= 0.6 is 0 Å². The molecule has 1 fully saturated rings. The molecule has 1 aliphatic heterocycles. The molecule has 1 amide bonds. The maximum absolute atomic E-state index is 13.5. The lowest BCUT2D eigenvalue weighted by Gasteiger charge is -2.36. The Balaban J connectivity index is 1.91. The highest BCUT2D eigenvalue weighted by Gasteiger charge is 2.29. The summed E-state index contributed by atoms with van der Waals surface area (Å²) >= 11 is 0. The number of amides is 1. The highest BCUT2D eigenvalue weighted by atomic mass is 19.1. The molecule has 1 aliphatic rings. The monoisotopic (exact) mass is 316 g/mol. The summed E-state index contributed by atoms with van der Waals surface area (Å²) in [4.78, 5) is 14.5. The van der Waals surface area contributed by atoms with Crippen LogP contribution in [0.15, 0.2) is 42.5 Å². The van der Waals surface area contributed by atoms with Gasteiger partial charge in [0.1, 0.15) is 11.6 Å². The van der Waals surface area contributed by atoms with Crippen molar-refractivity contribution in [2.45, 2.75) is 13.0 Å². The molecule has 1 unspecified atom stereocenters. The number of halogens is 2. The highest BCUT2D eigenvalue weighted by Crippen LogP contribution is 2.25. The quantitative estimate of drug-likeness (QED) is 0.923. The molecule has 0 saturated carbocycles. The Morgan fingerprint density at radius 2 is 2.04 bits per heavy atom. The van der Waals surface area contributed by atoms with Crippen LogP contribution in [-0.2, 0) is 0 Å². The fourth-order valence-electron chi connectivity index (χ4n) is 2.90. The Labute approximate surface area is 133 Å². The van der Waals surface area contributed by atoms with E-state index in [2.05, 4.69) is 5.32 Å². The van der Waals surface area contributed by atoms with Gasteiger partial charge in [0.2, 0.25) is 0 Å². The number of hydrogen-bond acceptors (Lipinski definition) is 2. The summed E-state index contributed by atoms with van der Waals surface area (Å²) in [6.45, 7) is 3.40. The summed E-state index contributed by atoms with van der Waals surface area (Å²) in [6.07, 6.45) is 0. The molecule has 2 aromatic rings. The van der Waals surface area contributed by atoms with Gasteiger partial charge in [0.05, 0.1) is 6.04 Å². The van der Waals surface area contributed by atoms with E-state index < -0.39 is 0 Å². The Bertz CT molecular complexity index is 733. The standard InChI is InChI=1S/C18H18F2N2O/c1-12-9-14(5-6-16(12)20)18(23)22-8-7-21-11-17(22)13-3-2-4-15(19)10-13/h2-6,9-10,17,21H,7-8,11H2,1H3. The fourth-order valence-corrected chi connectivity index (χ4v) is 2.90. The van der Waals surface area contributed by atoms with Crippen LogP contribution in [0.3, 0.4) is 0 Å². The number of carbonyl (C=O) groups excluding carboxylic acids is 1. The predicted molar refractivity (Wildman–Crippen MR) is 84.2 cm³/mol. The minimum absolute atomic E-state index is 0.163. The van der Waals surface area contributed by atoms with Gasteiger partial charge in [-0.3, -0.25) is 4.79 Å². The van der Waals surface area contributed by atoms with E-state index >= 15 is 0 Å². The van der Waals surface area contributed by atoms with Crippen LogP contribution in [0, 0.1) is 18.6 Å². The van der Waals surface area contributed by atoms with E-state index in [0.717, 1.165) is 5.56 Å². The average molecular weight is 316 g/mol. The van der Waals surface area contributed by atoms with Gasteiger partial charge in [-0.2, -0.15) is 0 Å². The van der Waals surface area contributed by atoms with Crippen molar-refractivity contribution in [3.8, 4) is 0 Å². The van der Waals surface area contributed by atoms with Gasteiger partial charge in [0.25, 0.3) is 5.91 Å². The van der Waals surface area contributed by atoms with Crippen molar-refractivity contribution in [2.75, 3.05) is 19.6 Å². The number of carbonyl (C=O) groups is 1. The zero-order chi connectivity index (χ0) is 16.4. The van der Waals surface area contributed by atoms with Gasteiger partial charge in [0, 0.05) is 25.2 Å². The first-order chi connectivity index (χ1) is 11.1. The maximum Gasteiger partial charge on any atom is 0.254 e. The predicted octanol–water partition coefficient (Wildman–Crippen LogP) is 3.06. The third kappa shape index (κ3) is 3.24. The molecule has 1 saturated heterocycles. The van der Waals surface area contributed by atoms with Crippen molar-refractivity contribution in [1.29, 1.82) is 0 Å². The van der Waals surface area contributed by atoms with Crippen LogP contribution in [0.5, 0.6) is 0 Å². The zero-order valence-corrected chi connectivity index (χ0v) is 12.9. The molecule has 1 atom stereocenters. The summed E-state index contributed by atoms with van der Waals surface area (Å²) < 4.78 is 26.9. The molecular formula is C18H18F2N2O. The third-order valence-corrected chi connectivity index (χ3v) is 4.14. The number of nitrogens with one attached hydrogen (secondary N) is 1. The smallest absolute Gasteiger partial charge is 0.254 e. The van der Waals surface area contributed by atoms with Crippen molar-refractivity contribution in [3.05, 3.63) is 70.8 Å². The number of benzene rings is 2. The molecular weight excluding hydrogens is 298 g/mol. The lowest BCUT2D eigenvalue weighted by Crippen LogP contribution is -2.48. The lowest BCUT2D eigenvalue weighted by atomic mass is 10.0. The molecule has 0 spiro atoms. The van der Waals surface area contributed by atoms with Crippen LogP contribution in [0.2, 0.25) is 0 Å². The molecule has 23 heavy (non-hydrogen) atoms. The van der Waals surface area contributed by atoms with Crippen molar-refractivity contribution >= 4 is 5.91 Å². The Kier molecular flexibility index (Phi) is 4.39. The minimum atomic E-state index is -0.330. The van der Waals surface area contributed by atoms with E-state index in [4.69, 9.17) is 0 Å². The second kappa shape index (κ2) is 6.46. The van der Waals surface area contributed by atoms with Gasteiger partial charge in [-0.05, 0) is 48.4 Å². The van der Waals surface area contributed by atoms with Crippen LogP contribution < -0.4 is 5.32 Å². The molecule has 1 heterocycles. The molecule has 0 radical (unpaired) electrons. The first-order valence-electron chi connectivity index (χ1n) is 7.59. The molecule has 0 aromatic heterocycles. The second-order valence-corrected chi connectivity index (χ2v) is 5.74. The second-order valence-electron chi connectivity index (χ2n) is 5.74. The summed E-state index contributed by atoms with van der Waals surface area (Å²) in [7, 11) is 0. The molecule has 0 bridgehead atoms. The van der Waals surface area contributed by atoms with E-state index in [0.29, 0.717) is 30.8 Å². The third-order valence-electron chi connectivity index (χ3n) is 4.14. The Morgan fingerprint density at radius 3 is 2.78 bits per heavy atom. The van der Waals surface area contributed by atoms with E-state index in [1.165, 1.54) is 24.3 Å². The largest absolute Gasteiger partial charge is 0.329 e. The maximum atomic E-state index is 13.5. The first kappa shape index (κ1) is 15.6. The lowest BCUT2D eigenvalue weighted by molar-refractivity contribution is 0.0634. The fraction of sp³-hybridized carbons (Fsp3) is 0.278. The van der Waals surface area contributed by atoms with Crippen molar-refractivity contribution < 1.29 is 13.6 Å². The van der Waals surface area contributed by atoms with Gasteiger partial charge >= 0.3 is 0 Å². The van der Waals surface area contributed by atoms with E-state index in [1.807, 2.05) is 6.07 Å². The summed E-state index contributed by atoms with van der Waals surface area (Å²) in [5.74, 6) is -0.814. The summed E-state index contributed by atoms with van der Waals surface area (Å²) in [6, 6.07) is 10.4. The van der Waals surface area contributed by atoms with E-state index in [9.17, 15) is 13.6 Å². The van der Waals surface area contributed by atoms with Crippen molar-refractivity contribution in [3.63, 3.8) is 0 Å². The molecule has 5 heteroatoms. The summed E-state index contributed by atoms with van der Waals surface area (Å²) in [5.41, 5.74) is 1.64. The Morgan fingerprint density at radius 1 is 1.22 bits per heavy atom. The number of hydrogen-bond donors (Lipinski definition) is 1. The molecule has 0 aliphatic carbocycles. The van der Waals surface area contributed by atoms with Crippen molar-refractivity contribution in [2.24, 2.45) is 0 Å². The molecule has 2 aromatic carbocycles. The zero-order valence-electron chi connectivity index (χ0n) is 12.9. The van der Waals surface area contributed by atoms with E-state index in [1.54, 1.807) is 24.0 Å². The van der Waals surface area contributed by atoms with E-state index in [-0.39, 0.29) is 23.6 Å². The topological polar surface area (TPSA) is 32.3 Å². The van der Waals surface area contributed by atoms with Crippen LogP contribution in [0.25, 0.3) is 0 Å².